The number of benzene rings is 2. The van der Waals surface area contributed by atoms with Gasteiger partial charge in [-0.25, -0.2) is 4.79 Å². The molecule has 2 N–H and O–H groups in total. The van der Waals surface area contributed by atoms with Crippen molar-refractivity contribution in [2.75, 3.05) is 17.2 Å². The molecule has 0 saturated heterocycles. The number of rotatable bonds is 7. The molecule has 2 aromatic carbocycles. The van der Waals surface area contributed by atoms with E-state index >= 15 is 0 Å². The van der Waals surface area contributed by atoms with Crippen LogP contribution in [0.5, 0.6) is 5.75 Å². The fraction of sp³-hybridized carbons (Fsp3) is 0.143. The normalized spacial score (nSPS) is 10.5. The van der Waals surface area contributed by atoms with Gasteiger partial charge in [-0.15, -0.1) is 11.3 Å². The van der Waals surface area contributed by atoms with E-state index in [2.05, 4.69) is 15.4 Å². The molecule has 5 nitrogen and oxygen atoms in total. The third-order valence-corrected chi connectivity index (χ3v) is 5.15. The van der Waals surface area contributed by atoms with Crippen LogP contribution in [0.2, 0.25) is 0 Å². The number of alkyl halides is 2. The number of thiophene rings is 1. The van der Waals surface area contributed by atoms with Crippen molar-refractivity contribution in [2.45, 2.75) is 13.5 Å². The highest BCUT2D eigenvalue weighted by molar-refractivity contribution is 7.80. The van der Waals surface area contributed by atoms with Gasteiger partial charge < -0.3 is 20.1 Å². The predicted octanol–water partition coefficient (Wildman–Crippen LogP) is 6.00. The van der Waals surface area contributed by atoms with Crippen LogP contribution in [0.4, 0.5) is 19.5 Å². The summed E-state index contributed by atoms with van der Waals surface area (Å²) < 4.78 is 34.0. The van der Waals surface area contributed by atoms with E-state index < -0.39 is 12.6 Å². The molecule has 156 valence electrons. The topological polar surface area (TPSA) is 59.6 Å². The van der Waals surface area contributed by atoms with E-state index in [-0.39, 0.29) is 17.5 Å². The molecule has 0 aliphatic heterocycles. The number of hydrogen-bond acceptors (Lipinski definition) is 5. The molecule has 0 radical (unpaired) electrons. The Bertz CT molecular complexity index is 1010. The number of anilines is 2. The van der Waals surface area contributed by atoms with Crippen LogP contribution in [0.25, 0.3) is 10.4 Å². The van der Waals surface area contributed by atoms with Gasteiger partial charge in [-0.3, -0.25) is 0 Å². The fourth-order valence-corrected chi connectivity index (χ4v) is 3.91. The Morgan fingerprint density at radius 1 is 1.10 bits per heavy atom. The minimum absolute atomic E-state index is 0.0461. The summed E-state index contributed by atoms with van der Waals surface area (Å²) in [5.74, 6) is -0.403. The summed E-state index contributed by atoms with van der Waals surface area (Å²) in [7, 11) is 0. The Labute approximate surface area is 181 Å². The number of carbonyl (C=O) groups excluding carboxylic acids is 1. The smallest absolute Gasteiger partial charge is 0.387 e. The molecule has 30 heavy (non-hydrogen) atoms. The van der Waals surface area contributed by atoms with Crippen LogP contribution in [0.15, 0.2) is 60.7 Å². The zero-order valence-corrected chi connectivity index (χ0v) is 17.5. The van der Waals surface area contributed by atoms with Gasteiger partial charge in [0.2, 0.25) is 0 Å². The molecule has 3 rings (SSSR count). The van der Waals surface area contributed by atoms with Crippen LogP contribution in [-0.4, -0.2) is 24.3 Å². The van der Waals surface area contributed by atoms with Crippen LogP contribution in [0, 0.1) is 0 Å². The van der Waals surface area contributed by atoms with Crippen molar-refractivity contribution in [3.63, 3.8) is 0 Å². The maximum Gasteiger partial charge on any atom is 0.387 e. The van der Waals surface area contributed by atoms with E-state index in [9.17, 15) is 13.6 Å². The van der Waals surface area contributed by atoms with Crippen LogP contribution >= 0.6 is 23.6 Å². The highest BCUT2D eigenvalue weighted by atomic mass is 32.1. The SMILES string of the molecule is CCOC(=O)c1cc(-c2ccccc2)sc1NC(=S)Nc1ccc(OC(F)F)cc1. The van der Waals surface area contributed by atoms with Gasteiger partial charge in [0.25, 0.3) is 0 Å². The monoisotopic (exact) mass is 448 g/mol. The summed E-state index contributed by atoms with van der Waals surface area (Å²) in [6.45, 7) is -0.890. The first-order valence-corrected chi connectivity index (χ1v) is 10.2. The zero-order valence-electron chi connectivity index (χ0n) is 15.9. The van der Waals surface area contributed by atoms with Gasteiger partial charge in [-0.1, -0.05) is 30.3 Å². The molecule has 0 fully saturated rings. The minimum atomic E-state index is -2.88. The van der Waals surface area contributed by atoms with Crippen molar-refractivity contribution in [3.8, 4) is 16.2 Å². The van der Waals surface area contributed by atoms with Crippen LogP contribution < -0.4 is 15.4 Å². The lowest BCUT2D eigenvalue weighted by atomic mass is 10.1. The molecule has 3 aromatic rings. The maximum atomic E-state index is 12.4. The highest BCUT2D eigenvalue weighted by Gasteiger charge is 2.19. The summed E-state index contributed by atoms with van der Waals surface area (Å²) in [6, 6.07) is 17.3. The summed E-state index contributed by atoms with van der Waals surface area (Å²) in [5, 5.41) is 6.76. The first kappa shape index (κ1) is 21.7. The largest absolute Gasteiger partial charge is 0.462 e. The Morgan fingerprint density at radius 2 is 1.80 bits per heavy atom. The number of esters is 1. The summed E-state index contributed by atoms with van der Waals surface area (Å²) >= 11 is 6.71. The highest BCUT2D eigenvalue weighted by Crippen LogP contribution is 2.36. The van der Waals surface area contributed by atoms with E-state index in [0.717, 1.165) is 10.4 Å². The van der Waals surface area contributed by atoms with E-state index in [1.807, 2.05) is 30.3 Å². The van der Waals surface area contributed by atoms with Crippen molar-refractivity contribution < 1.29 is 23.0 Å². The zero-order chi connectivity index (χ0) is 21.5. The molecular formula is C21H18F2N2O3S2. The van der Waals surface area contributed by atoms with E-state index in [0.29, 0.717) is 16.3 Å². The first-order valence-electron chi connectivity index (χ1n) is 8.95. The molecule has 0 bridgehead atoms. The molecule has 0 saturated carbocycles. The number of carbonyl (C=O) groups is 1. The lowest BCUT2D eigenvalue weighted by molar-refractivity contribution is -0.0498. The number of hydrogen-bond donors (Lipinski definition) is 2. The first-order chi connectivity index (χ1) is 14.5. The lowest BCUT2D eigenvalue weighted by Crippen LogP contribution is -2.20. The summed E-state index contributed by atoms with van der Waals surface area (Å²) in [6.07, 6.45) is 0. The molecule has 0 aliphatic carbocycles. The molecule has 1 aromatic heterocycles. The van der Waals surface area contributed by atoms with E-state index in [1.165, 1.54) is 23.5 Å². The fourth-order valence-electron chi connectivity index (χ4n) is 2.57. The van der Waals surface area contributed by atoms with E-state index in [1.54, 1.807) is 25.1 Å². The molecule has 9 heteroatoms. The Hall–Kier alpha value is -3.04. The molecule has 0 spiro atoms. The second-order valence-electron chi connectivity index (χ2n) is 5.92. The Balaban J connectivity index is 1.76. The Kier molecular flexibility index (Phi) is 7.31. The second-order valence-corrected chi connectivity index (χ2v) is 7.38. The Morgan fingerprint density at radius 3 is 2.43 bits per heavy atom. The average Bonchev–Trinajstić information content (AvgIpc) is 3.14. The molecule has 0 aliphatic rings. The second kappa shape index (κ2) is 10.1. The molecule has 0 atom stereocenters. The van der Waals surface area contributed by atoms with Gasteiger partial charge in [0.15, 0.2) is 5.11 Å². The van der Waals surface area contributed by atoms with Gasteiger partial charge in [0.05, 0.1) is 12.2 Å². The van der Waals surface area contributed by atoms with Crippen molar-refractivity contribution in [1.82, 2.24) is 0 Å². The number of thiocarbonyl (C=S) groups is 1. The minimum Gasteiger partial charge on any atom is -0.462 e. The number of ether oxygens (including phenoxy) is 2. The van der Waals surface area contributed by atoms with Crippen LogP contribution in [-0.2, 0) is 4.74 Å². The van der Waals surface area contributed by atoms with Gasteiger partial charge in [-0.05, 0) is 55.0 Å². The maximum absolute atomic E-state index is 12.4. The quantitative estimate of drug-likeness (QED) is 0.341. The summed E-state index contributed by atoms with van der Waals surface area (Å²) in [4.78, 5) is 13.3. The van der Waals surface area contributed by atoms with Crippen molar-refractivity contribution in [3.05, 3.63) is 66.2 Å². The van der Waals surface area contributed by atoms with Crippen LogP contribution in [0.3, 0.4) is 0 Å². The molecule has 0 amide bonds. The van der Waals surface area contributed by atoms with Gasteiger partial charge in [-0.2, -0.15) is 8.78 Å². The van der Waals surface area contributed by atoms with Gasteiger partial charge in [0.1, 0.15) is 10.8 Å². The van der Waals surface area contributed by atoms with Crippen molar-refractivity contribution in [1.29, 1.82) is 0 Å². The third-order valence-electron chi connectivity index (χ3n) is 3.85. The van der Waals surface area contributed by atoms with Crippen molar-refractivity contribution in [2.24, 2.45) is 0 Å². The average molecular weight is 449 g/mol. The van der Waals surface area contributed by atoms with Gasteiger partial charge >= 0.3 is 12.6 Å². The van der Waals surface area contributed by atoms with Crippen LogP contribution in [0.1, 0.15) is 17.3 Å². The van der Waals surface area contributed by atoms with E-state index in [4.69, 9.17) is 17.0 Å². The number of halogens is 2. The predicted molar refractivity (Wildman–Crippen MR) is 119 cm³/mol. The molecule has 1 heterocycles. The third kappa shape index (κ3) is 5.74. The summed E-state index contributed by atoms with van der Waals surface area (Å²) in [5.41, 5.74) is 1.92. The van der Waals surface area contributed by atoms with Gasteiger partial charge in [0, 0.05) is 10.6 Å². The molecule has 0 unspecified atom stereocenters. The standard InChI is InChI=1S/C21H18F2N2O3S2/c1-2-27-19(26)16-12-17(13-6-4-3-5-7-13)30-18(16)25-21(29)24-14-8-10-15(11-9-14)28-20(22)23/h3-12,20H,2H2,1H3,(H2,24,25,29). The molecular weight excluding hydrogens is 430 g/mol. The lowest BCUT2D eigenvalue weighted by Gasteiger charge is -2.11. The number of nitrogens with one attached hydrogen (secondary N) is 2. The van der Waals surface area contributed by atoms with Crippen molar-refractivity contribution >= 4 is 45.3 Å².